The van der Waals surface area contributed by atoms with Gasteiger partial charge < -0.3 is 29.2 Å². The smallest absolute Gasteiger partial charge is 0.135 e. The maximum Gasteiger partial charge on any atom is 0.135 e. The van der Waals surface area contributed by atoms with Gasteiger partial charge in [0.1, 0.15) is 36.9 Å². The Balaban J connectivity index is 2.05. The molecule has 3 aromatic carbocycles. The lowest BCUT2D eigenvalue weighted by Gasteiger charge is -2.20. The Bertz CT molecular complexity index is 779. The fourth-order valence-corrected chi connectivity index (χ4v) is 3.20. The number of hydrogen-bond donors (Lipinski definition) is 2. The van der Waals surface area contributed by atoms with E-state index in [2.05, 4.69) is 0 Å². The Morgan fingerprint density at radius 1 is 0.607 bits per heavy atom. The summed E-state index contributed by atoms with van der Waals surface area (Å²) in [6.07, 6.45) is -1.44. The molecule has 2 unspecified atom stereocenters. The molecule has 0 saturated heterocycles. The number of benzene rings is 3. The van der Waals surface area contributed by atoms with E-state index in [1.807, 2.05) is 48.5 Å². The monoisotopic (exact) mass is 386 g/mol. The summed E-state index contributed by atoms with van der Waals surface area (Å²) in [6.45, 7) is 0.645. The molecule has 3 rings (SSSR count). The van der Waals surface area contributed by atoms with Gasteiger partial charge >= 0.3 is 0 Å². The average molecular weight is 386 g/mol. The van der Waals surface area contributed by atoms with Gasteiger partial charge in [-0.2, -0.15) is 0 Å². The van der Waals surface area contributed by atoms with E-state index in [0.717, 1.165) is 21.5 Å². The predicted octanol–water partition coefficient (Wildman–Crippen LogP) is 2.77. The lowest BCUT2D eigenvalue weighted by atomic mass is 10.0. The van der Waals surface area contributed by atoms with E-state index in [1.165, 1.54) is 14.2 Å². The topological polar surface area (TPSA) is 77.4 Å². The molecule has 0 aliphatic carbocycles. The number of hydrogen-bond acceptors (Lipinski definition) is 6. The van der Waals surface area contributed by atoms with Crippen LogP contribution in [0.3, 0.4) is 0 Å². The van der Waals surface area contributed by atoms with Gasteiger partial charge in [0.15, 0.2) is 0 Å². The van der Waals surface area contributed by atoms with Gasteiger partial charge in [-0.1, -0.05) is 48.5 Å². The molecule has 0 radical (unpaired) electrons. The van der Waals surface area contributed by atoms with Gasteiger partial charge in [0.05, 0.1) is 13.2 Å². The minimum Gasteiger partial charge on any atom is -0.489 e. The molecule has 0 saturated carbocycles. The van der Waals surface area contributed by atoms with Crippen molar-refractivity contribution >= 4 is 21.5 Å². The summed E-state index contributed by atoms with van der Waals surface area (Å²) in [4.78, 5) is 0. The molecule has 0 heterocycles. The van der Waals surface area contributed by atoms with Gasteiger partial charge in [-0.25, -0.2) is 0 Å². The van der Waals surface area contributed by atoms with Crippen LogP contribution in [0.25, 0.3) is 21.5 Å². The Hall–Kier alpha value is -2.38. The fraction of sp³-hybridized carbons (Fsp3) is 0.364. The summed E-state index contributed by atoms with van der Waals surface area (Å²) in [5, 5.41) is 23.5. The van der Waals surface area contributed by atoms with Crippen molar-refractivity contribution in [3.8, 4) is 11.5 Å². The Morgan fingerprint density at radius 3 is 1.21 bits per heavy atom. The largest absolute Gasteiger partial charge is 0.489 e. The van der Waals surface area contributed by atoms with Crippen LogP contribution < -0.4 is 9.47 Å². The first-order valence-electron chi connectivity index (χ1n) is 9.18. The molecular formula is C22H26O6. The first-order valence-corrected chi connectivity index (χ1v) is 9.18. The maximum absolute atomic E-state index is 9.99. The molecule has 0 spiro atoms. The number of rotatable bonds is 10. The molecule has 0 aromatic heterocycles. The Labute approximate surface area is 164 Å². The van der Waals surface area contributed by atoms with Gasteiger partial charge in [-0.15, -0.1) is 0 Å². The number of methoxy groups -OCH3 is 2. The third-order valence-corrected chi connectivity index (χ3v) is 4.39. The predicted molar refractivity (Wildman–Crippen MR) is 108 cm³/mol. The van der Waals surface area contributed by atoms with Crippen LogP contribution in [-0.4, -0.2) is 63.1 Å². The van der Waals surface area contributed by atoms with Crippen LogP contribution in [-0.2, 0) is 9.47 Å². The summed E-state index contributed by atoms with van der Waals surface area (Å²) >= 11 is 0. The van der Waals surface area contributed by atoms with Crippen LogP contribution in [0.5, 0.6) is 11.5 Å². The van der Waals surface area contributed by atoms with Gasteiger partial charge in [-0.05, 0) is 0 Å². The Kier molecular flexibility index (Phi) is 7.06. The second-order valence-electron chi connectivity index (χ2n) is 6.59. The number of fused-ring (bicyclic) bond motifs is 2. The summed E-state index contributed by atoms with van der Waals surface area (Å²) in [5.41, 5.74) is 0. The molecule has 150 valence electrons. The minimum atomic E-state index is -0.720. The second-order valence-corrected chi connectivity index (χ2v) is 6.59. The lowest BCUT2D eigenvalue weighted by molar-refractivity contribution is 0.0327. The van der Waals surface area contributed by atoms with E-state index in [-0.39, 0.29) is 26.4 Å². The SMILES string of the molecule is COCC(O)COc1c2ccccc2c(OCC(O)COC)c2ccccc12. The van der Waals surface area contributed by atoms with Crippen molar-refractivity contribution in [3.05, 3.63) is 48.5 Å². The number of aliphatic hydroxyl groups excluding tert-OH is 2. The summed E-state index contributed by atoms with van der Waals surface area (Å²) < 4.78 is 22.0. The highest BCUT2D eigenvalue weighted by Crippen LogP contribution is 2.42. The van der Waals surface area contributed by atoms with E-state index in [0.29, 0.717) is 11.5 Å². The zero-order valence-electron chi connectivity index (χ0n) is 16.1. The van der Waals surface area contributed by atoms with Crippen LogP contribution in [0, 0.1) is 0 Å². The summed E-state index contributed by atoms with van der Waals surface area (Å²) in [5.74, 6) is 1.37. The van der Waals surface area contributed by atoms with Crippen molar-refractivity contribution in [1.82, 2.24) is 0 Å². The molecule has 28 heavy (non-hydrogen) atoms. The van der Waals surface area contributed by atoms with E-state index in [9.17, 15) is 10.2 Å². The third kappa shape index (κ3) is 4.54. The third-order valence-electron chi connectivity index (χ3n) is 4.39. The highest BCUT2D eigenvalue weighted by atomic mass is 16.5. The number of aliphatic hydroxyl groups is 2. The number of ether oxygens (including phenoxy) is 4. The second kappa shape index (κ2) is 9.71. The summed E-state index contributed by atoms with van der Waals surface area (Å²) in [7, 11) is 3.08. The lowest BCUT2D eigenvalue weighted by Crippen LogP contribution is -2.23. The molecule has 6 heteroatoms. The molecule has 0 bridgehead atoms. The highest BCUT2D eigenvalue weighted by molar-refractivity contribution is 6.11. The first kappa shape index (κ1) is 20.4. The van der Waals surface area contributed by atoms with Gasteiger partial charge in [0.25, 0.3) is 0 Å². The van der Waals surface area contributed by atoms with Crippen molar-refractivity contribution in [2.24, 2.45) is 0 Å². The summed E-state index contributed by atoms with van der Waals surface area (Å²) in [6, 6.07) is 15.5. The van der Waals surface area contributed by atoms with Gasteiger partial charge in [0, 0.05) is 35.8 Å². The van der Waals surface area contributed by atoms with Crippen LogP contribution in [0.15, 0.2) is 48.5 Å². The molecule has 0 fully saturated rings. The normalized spacial score (nSPS) is 13.6. The quantitative estimate of drug-likeness (QED) is 0.522. The molecule has 6 nitrogen and oxygen atoms in total. The molecule has 0 aliphatic rings. The molecular weight excluding hydrogens is 360 g/mol. The molecule has 2 N–H and O–H groups in total. The zero-order chi connectivity index (χ0) is 19.9. The van der Waals surface area contributed by atoms with Gasteiger partial charge in [0.2, 0.25) is 0 Å². The maximum atomic E-state index is 9.99. The van der Waals surface area contributed by atoms with Crippen LogP contribution in [0.4, 0.5) is 0 Å². The highest BCUT2D eigenvalue weighted by Gasteiger charge is 2.17. The molecule has 2 atom stereocenters. The van der Waals surface area contributed by atoms with E-state index in [4.69, 9.17) is 18.9 Å². The van der Waals surface area contributed by atoms with E-state index >= 15 is 0 Å². The van der Waals surface area contributed by atoms with Crippen molar-refractivity contribution in [2.45, 2.75) is 12.2 Å². The average Bonchev–Trinajstić information content (AvgIpc) is 2.71. The fourth-order valence-electron chi connectivity index (χ4n) is 3.20. The van der Waals surface area contributed by atoms with Crippen molar-refractivity contribution < 1.29 is 29.2 Å². The van der Waals surface area contributed by atoms with Crippen LogP contribution in [0.1, 0.15) is 0 Å². The van der Waals surface area contributed by atoms with Crippen molar-refractivity contribution in [2.75, 3.05) is 40.6 Å². The molecule has 0 amide bonds. The van der Waals surface area contributed by atoms with E-state index < -0.39 is 12.2 Å². The minimum absolute atomic E-state index is 0.120. The Morgan fingerprint density at radius 2 is 0.929 bits per heavy atom. The molecule has 3 aromatic rings. The van der Waals surface area contributed by atoms with Gasteiger partial charge in [-0.3, -0.25) is 0 Å². The molecule has 0 aliphatic heterocycles. The standard InChI is InChI=1S/C22H26O6/c1-25-11-15(23)13-27-21-17-7-3-5-9-19(17)22(28-14-16(24)12-26-2)20-10-6-4-8-18(20)21/h3-10,15-16,23-24H,11-14H2,1-2H3. The first-order chi connectivity index (χ1) is 13.7. The van der Waals surface area contributed by atoms with E-state index in [1.54, 1.807) is 0 Å². The van der Waals surface area contributed by atoms with Crippen molar-refractivity contribution in [1.29, 1.82) is 0 Å². The van der Waals surface area contributed by atoms with Crippen molar-refractivity contribution in [3.63, 3.8) is 0 Å². The zero-order valence-corrected chi connectivity index (χ0v) is 16.1. The van der Waals surface area contributed by atoms with Crippen LogP contribution >= 0.6 is 0 Å². The van der Waals surface area contributed by atoms with Crippen LogP contribution in [0.2, 0.25) is 0 Å².